The van der Waals surface area contributed by atoms with Crippen molar-refractivity contribution in [2.45, 2.75) is 30.6 Å². The minimum Gasteiger partial charge on any atom is -0.484 e. The molecule has 1 N–H and O–H groups in total. The van der Waals surface area contributed by atoms with E-state index < -0.39 is 25.2 Å². The SMILES string of the molecule is Cc1c(OCC(F)(F)F)ccnc1CSC1Nc2ccccc2N1C1COC(=O)O1. The van der Waals surface area contributed by atoms with Crippen LogP contribution >= 0.6 is 11.8 Å². The zero-order chi connectivity index (χ0) is 21.3. The molecule has 30 heavy (non-hydrogen) atoms. The molecule has 0 bridgehead atoms. The van der Waals surface area contributed by atoms with E-state index >= 15 is 0 Å². The highest BCUT2D eigenvalue weighted by atomic mass is 32.2. The highest BCUT2D eigenvalue weighted by molar-refractivity contribution is 7.99. The molecule has 3 heterocycles. The number of hydrogen-bond donors (Lipinski definition) is 1. The number of thioether (sulfide) groups is 1. The Morgan fingerprint density at radius 2 is 2.13 bits per heavy atom. The number of anilines is 2. The predicted molar refractivity (Wildman–Crippen MR) is 104 cm³/mol. The molecule has 0 spiro atoms. The number of halogens is 3. The van der Waals surface area contributed by atoms with Gasteiger partial charge in [0.15, 0.2) is 18.7 Å². The van der Waals surface area contributed by atoms with Crippen LogP contribution in [-0.2, 0) is 15.2 Å². The molecule has 2 atom stereocenters. The first-order chi connectivity index (χ1) is 14.3. The molecule has 7 nitrogen and oxygen atoms in total. The number of fused-ring (bicyclic) bond motifs is 1. The Morgan fingerprint density at radius 3 is 2.87 bits per heavy atom. The van der Waals surface area contributed by atoms with Crippen molar-refractivity contribution in [1.29, 1.82) is 0 Å². The first kappa shape index (κ1) is 20.5. The van der Waals surface area contributed by atoms with Gasteiger partial charge in [-0.15, -0.1) is 11.8 Å². The third-order valence-corrected chi connectivity index (χ3v) is 5.73. The third kappa shape index (κ3) is 4.35. The Hall–Kier alpha value is -2.82. The van der Waals surface area contributed by atoms with Gasteiger partial charge in [-0.3, -0.25) is 4.98 Å². The Balaban J connectivity index is 1.48. The Labute approximate surface area is 174 Å². The Bertz CT molecular complexity index is 943. The number of hydrogen-bond acceptors (Lipinski definition) is 8. The fourth-order valence-corrected chi connectivity index (χ4v) is 4.44. The lowest BCUT2D eigenvalue weighted by Gasteiger charge is -2.29. The summed E-state index contributed by atoms with van der Waals surface area (Å²) in [6, 6.07) is 9.01. The maximum atomic E-state index is 12.5. The minimum atomic E-state index is -4.41. The standard InChI is InChI=1S/C19H18F3N3O4S/c1-11-13(23-7-6-15(11)28-10-19(20,21)22)9-30-17-24-12-4-2-3-5-14(12)25(17)16-8-27-18(26)29-16/h2-7,16-17,24H,8-10H2,1H3. The third-order valence-electron chi connectivity index (χ3n) is 4.63. The van der Waals surface area contributed by atoms with Crippen molar-refractivity contribution in [3.05, 3.63) is 47.8 Å². The molecule has 1 fully saturated rings. The van der Waals surface area contributed by atoms with E-state index in [1.54, 1.807) is 6.92 Å². The topological polar surface area (TPSA) is 72.9 Å². The van der Waals surface area contributed by atoms with Crippen molar-refractivity contribution in [2.24, 2.45) is 0 Å². The molecule has 160 valence electrons. The molecular formula is C19H18F3N3O4S. The molecular weight excluding hydrogens is 423 g/mol. The number of benzene rings is 1. The van der Waals surface area contributed by atoms with Crippen molar-refractivity contribution in [1.82, 2.24) is 4.98 Å². The maximum Gasteiger partial charge on any atom is 0.510 e. The van der Waals surface area contributed by atoms with E-state index in [1.807, 2.05) is 29.2 Å². The summed E-state index contributed by atoms with van der Waals surface area (Å²) in [5.74, 6) is 0.550. The van der Waals surface area contributed by atoms with Gasteiger partial charge in [0, 0.05) is 17.5 Å². The average Bonchev–Trinajstić information content (AvgIpc) is 3.28. The van der Waals surface area contributed by atoms with Gasteiger partial charge >= 0.3 is 12.3 Å². The summed E-state index contributed by atoms with van der Waals surface area (Å²) in [5, 5.41) is 3.36. The summed E-state index contributed by atoms with van der Waals surface area (Å²) >= 11 is 1.46. The monoisotopic (exact) mass is 441 g/mol. The first-order valence-electron chi connectivity index (χ1n) is 9.05. The zero-order valence-electron chi connectivity index (χ0n) is 15.8. The van der Waals surface area contributed by atoms with Crippen LogP contribution in [0.25, 0.3) is 0 Å². The van der Waals surface area contributed by atoms with Crippen LogP contribution in [0.3, 0.4) is 0 Å². The normalized spacial score (nSPS) is 20.4. The van der Waals surface area contributed by atoms with Crippen LogP contribution in [-0.4, -0.2) is 42.3 Å². The number of para-hydroxylation sites is 2. The number of cyclic esters (lactones) is 2. The molecule has 0 amide bonds. The van der Waals surface area contributed by atoms with E-state index in [1.165, 1.54) is 24.0 Å². The highest BCUT2D eigenvalue weighted by Gasteiger charge is 2.40. The first-order valence-corrected chi connectivity index (χ1v) is 10.1. The molecule has 2 aliphatic rings. The van der Waals surface area contributed by atoms with Crippen LogP contribution in [0.5, 0.6) is 5.75 Å². The molecule has 0 aliphatic carbocycles. The number of ether oxygens (including phenoxy) is 3. The number of aromatic nitrogens is 1. The van der Waals surface area contributed by atoms with E-state index in [0.717, 1.165) is 11.4 Å². The lowest BCUT2D eigenvalue weighted by Crippen LogP contribution is -2.43. The molecule has 1 saturated heterocycles. The summed E-state index contributed by atoms with van der Waals surface area (Å²) in [4.78, 5) is 17.6. The van der Waals surface area contributed by atoms with E-state index in [0.29, 0.717) is 17.0 Å². The summed E-state index contributed by atoms with van der Waals surface area (Å²) in [6.45, 7) is 0.421. The minimum absolute atomic E-state index is 0.101. The van der Waals surface area contributed by atoms with Gasteiger partial charge in [-0.25, -0.2) is 4.79 Å². The number of carbonyl (C=O) groups excluding carboxylic acids is 1. The molecule has 2 aromatic rings. The van der Waals surface area contributed by atoms with Gasteiger partial charge in [-0.2, -0.15) is 13.2 Å². The largest absolute Gasteiger partial charge is 0.510 e. The number of carbonyl (C=O) groups is 1. The summed E-state index contributed by atoms with van der Waals surface area (Å²) < 4.78 is 52.5. The quantitative estimate of drug-likeness (QED) is 0.667. The van der Waals surface area contributed by atoms with Gasteiger partial charge in [0.25, 0.3) is 0 Å². The van der Waals surface area contributed by atoms with E-state index in [-0.39, 0.29) is 17.9 Å². The second kappa shape index (κ2) is 8.13. The molecule has 4 rings (SSSR count). The Kier molecular flexibility index (Phi) is 5.54. The van der Waals surface area contributed by atoms with Gasteiger partial charge in [-0.05, 0) is 25.1 Å². The van der Waals surface area contributed by atoms with Crippen molar-refractivity contribution in [2.75, 3.05) is 23.4 Å². The van der Waals surface area contributed by atoms with Crippen LogP contribution in [0, 0.1) is 6.92 Å². The summed E-state index contributed by atoms with van der Waals surface area (Å²) in [6.07, 6.45) is -4.29. The number of alkyl halides is 3. The number of nitrogens with one attached hydrogen (secondary N) is 1. The fraction of sp³-hybridized carbons (Fsp3) is 0.368. The van der Waals surface area contributed by atoms with E-state index in [4.69, 9.17) is 14.2 Å². The average molecular weight is 441 g/mol. The van der Waals surface area contributed by atoms with Gasteiger partial charge in [0.2, 0.25) is 6.23 Å². The molecule has 2 aliphatic heterocycles. The van der Waals surface area contributed by atoms with E-state index in [2.05, 4.69) is 10.3 Å². The molecule has 11 heteroatoms. The number of nitrogens with zero attached hydrogens (tertiary/aromatic N) is 2. The summed E-state index contributed by atoms with van der Waals surface area (Å²) in [7, 11) is 0. The Morgan fingerprint density at radius 1 is 1.33 bits per heavy atom. The van der Waals surface area contributed by atoms with Crippen LogP contribution in [0.15, 0.2) is 36.5 Å². The lowest BCUT2D eigenvalue weighted by atomic mass is 10.2. The fourth-order valence-electron chi connectivity index (χ4n) is 3.21. The van der Waals surface area contributed by atoms with Gasteiger partial charge in [-0.1, -0.05) is 12.1 Å². The van der Waals surface area contributed by atoms with Crippen molar-refractivity contribution in [3.8, 4) is 5.75 Å². The second-order valence-electron chi connectivity index (χ2n) is 6.65. The van der Waals surface area contributed by atoms with Gasteiger partial charge in [0.1, 0.15) is 5.75 Å². The second-order valence-corrected chi connectivity index (χ2v) is 7.72. The zero-order valence-corrected chi connectivity index (χ0v) is 16.6. The van der Waals surface area contributed by atoms with Crippen LogP contribution in [0.4, 0.5) is 29.3 Å². The lowest BCUT2D eigenvalue weighted by molar-refractivity contribution is -0.153. The smallest absolute Gasteiger partial charge is 0.484 e. The van der Waals surface area contributed by atoms with Crippen molar-refractivity contribution < 1.29 is 32.2 Å². The van der Waals surface area contributed by atoms with E-state index in [9.17, 15) is 18.0 Å². The molecule has 0 saturated carbocycles. The highest BCUT2D eigenvalue weighted by Crippen LogP contribution is 2.41. The molecule has 1 aromatic carbocycles. The van der Waals surface area contributed by atoms with Crippen LogP contribution in [0.2, 0.25) is 0 Å². The van der Waals surface area contributed by atoms with Crippen LogP contribution < -0.4 is 15.0 Å². The summed E-state index contributed by atoms with van der Waals surface area (Å²) in [5.41, 5.74) is 2.61. The van der Waals surface area contributed by atoms with Gasteiger partial charge < -0.3 is 24.4 Å². The van der Waals surface area contributed by atoms with Crippen molar-refractivity contribution in [3.63, 3.8) is 0 Å². The van der Waals surface area contributed by atoms with Crippen molar-refractivity contribution >= 4 is 29.3 Å². The van der Waals surface area contributed by atoms with Gasteiger partial charge in [0.05, 0.1) is 17.1 Å². The number of rotatable bonds is 6. The molecule has 1 aromatic heterocycles. The maximum absolute atomic E-state index is 12.5. The molecule has 0 radical (unpaired) electrons. The number of pyridine rings is 1. The van der Waals surface area contributed by atoms with Crippen LogP contribution in [0.1, 0.15) is 11.3 Å². The molecule has 2 unspecified atom stereocenters. The predicted octanol–water partition coefficient (Wildman–Crippen LogP) is 4.27.